The number of nitrogens with zero attached hydrogens (tertiary/aromatic N) is 1. The maximum Gasteiger partial charge on any atom is 0.230 e. The van der Waals surface area contributed by atoms with Crippen LogP contribution < -0.4 is 15.2 Å². The van der Waals surface area contributed by atoms with Crippen LogP contribution in [0, 0.1) is 5.41 Å². The molecule has 20 heavy (non-hydrogen) atoms. The molecule has 1 spiro atoms. The van der Waals surface area contributed by atoms with Gasteiger partial charge in [0.1, 0.15) is 0 Å². The number of benzene rings is 1. The molecule has 104 valence electrons. The van der Waals surface area contributed by atoms with Gasteiger partial charge in [0.25, 0.3) is 0 Å². The molecular weight excluding hydrogens is 280 g/mol. The molecule has 2 aliphatic rings. The maximum atomic E-state index is 6.30. The molecule has 1 aliphatic carbocycles. The summed E-state index contributed by atoms with van der Waals surface area (Å²) in [6.07, 6.45) is 3.85. The molecule has 6 heteroatoms. The highest BCUT2D eigenvalue weighted by Crippen LogP contribution is 2.50. The first kappa shape index (κ1) is 11.9. The summed E-state index contributed by atoms with van der Waals surface area (Å²) in [5, 5.41) is 4.21. The van der Waals surface area contributed by atoms with E-state index in [1.807, 2.05) is 6.07 Å². The first-order chi connectivity index (χ1) is 9.67. The lowest BCUT2D eigenvalue weighted by Gasteiger charge is -2.10. The first-order valence-corrected chi connectivity index (χ1v) is 6.84. The van der Waals surface area contributed by atoms with Gasteiger partial charge in [-0.3, -0.25) is 0 Å². The van der Waals surface area contributed by atoms with Crippen molar-refractivity contribution in [2.24, 2.45) is 5.41 Å². The third-order valence-corrected chi connectivity index (χ3v) is 4.26. The van der Waals surface area contributed by atoms with Crippen LogP contribution in [0.3, 0.4) is 0 Å². The van der Waals surface area contributed by atoms with Crippen molar-refractivity contribution >= 4 is 17.5 Å². The molecule has 4 rings (SSSR count). The molecule has 0 atom stereocenters. The van der Waals surface area contributed by atoms with E-state index in [1.165, 1.54) is 0 Å². The van der Waals surface area contributed by atoms with E-state index in [1.54, 1.807) is 12.3 Å². The van der Waals surface area contributed by atoms with Crippen LogP contribution >= 0.6 is 11.6 Å². The second kappa shape index (κ2) is 4.06. The molecule has 1 aromatic heterocycles. The van der Waals surface area contributed by atoms with Gasteiger partial charge in [-0.2, -0.15) is 0 Å². The Labute approximate surface area is 120 Å². The van der Waals surface area contributed by atoms with E-state index >= 15 is 0 Å². The van der Waals surface area contributed by atoms with Crippen LogP contribution in [-0.4, -0.2) is 18.4 Å². The average molecular weight is 293 g/mol. The number of aromatic nitrogens is 1. The Bertz CT molecular complexity index is 679. The largest absolute Gasteiger partial charge is 0.489 e. The van der Waals surface area contributed by atoms with Gasteiger partial charge in [-0.05, 0) is 18.9 Å². The number of nitrogen functional groups attached to an aromatic ring is 1. The van der Waals surface area contributed by atoms with Gasteiger partial charge >= 0.3 is 0 Å². The van der Waals surface area contributed by atoms with Crippen molar-refractivity contribution in [2.75, 3.05) is 18.9 Å². The smallest absolute Gasteiger partial charge is 0.230 e. The van der Waals surface area contributed by atoms with Crippen LogP contribution in [0.2, 0.25) is 5.02 Å². The Morgan fingerprint density at radius 2 is 1.80 bits per heavy atom. The lowest BCUT2D eigenvalue weighted by molar-refractivity contribution is 0.197. The van der Waals surface area contributed by atoms with E-state index in [9.17, 15) is 0 Å². The topological polar surface area (TPSA) is 70.5 Å². The van der Waals surface area contributed by atoms with Gasteiger partial charge in [0.2, 0.25) is 5.88 Å². The summed E-state index contributed by atoms with van der Waals surface area (Å²) >= 11 is 6.30. The zero-order valence-corrected chi connectivity index (χ0v) is 11.4. The van der Waals surface area contributed by atoms with Crippen molar-refractivity contribution in [3.63, 3.8) is 0 Å². The quantitative estimate of drug-likeness (QED) is 0.874. The second-order valence-electron chi connectivity index (χ2n) is 5.46. The van der Waals surface area contributed by atoms with Gasteiger partial charge in [-0.15, -0.1) is 0 Å². The third-order valence-electron chi connectivity index (χ3n) is 3.95. The lowest BCUT2D eigenvalue weighted by atomic mass is 10.1. The molecule has 0 unspecified atom stereocenters. The van der Waals surface area contributed by atoms with E-state index in [2.05, 4.69) is 5.16 Å². The summed E-state index contributed by atoms with van der Waals surface area (Å²) in [5.41, 5.74) is 7.33. The molecule has 1 aliphatic heterocycles. The Morgan fingerprint density at radius 3 is 2.40 bits per heavy atom. The SMILES string of the molecule is Nc1oncc1-c1cc2c(cc1Cl)OCC1(CC1)CO2. The minimum atomic E-state index is 0.196. The van der Waals surface area contributed by atoms with E-state index in [0.29, 0.717) is 35.3 Å². The van der Waals surface area contributed by atoms with Gasteiger partial charge in [-0.1, -0.05) is 16.8 Å². The van der Waals surface area contributed by atoms with Crippen molar-refractivity contribution in [3.05, 3.63) is 23.4 Å². The number of nitrogens with two attached hydrogens (primary N) is 1. The molecule has 0 bridgehead atoms. The fourth-order valence-corrected chi connectivity index (χ4v) is 2.64. The van der Waals surface area contributed by atoms with Crippen LogP contribution in [0.5, 0.6) is 11.5 Å². The summed E-state index contributed by atoms with van der Waals surface area (Å²) in [6, 6.07) is 3.60. The normalized spacial score (nSPS) is 18.9. The molecule has 1 fully saturated rings. The van der Waals surface area contributed by atoms with E-state index in [0.717, 1.165) is 18.4 Å². The standard InChI is InChI=1S/C14H13ClN2O3/c15-10-4-12-11(18-6-14(1-2-14)7-19-12)3-8(10)9-5-17-20-13(9)16/h3-5H,1-2,6-7,16H2. The molecule has 0 radical (unpaired) electrons. The molecule has 2 heterocycles. The highest BCUT2D eigenvalue weighted by Gasteiger charge is 2.46. The van der Waals surface area contributed by atoms with Crippen molar-refractivity contribution in [2.45, 2.75) is 12.8 Å². The Balaban J connectivity index is 1.77. The predicted molar refractivity (Wildman–Crippen MR) is 74.0 cm³/mol. The summed E-state index contributed by atoms with van der Waals surface area (Å²) in [6.45, 7) is 1.37. The lowest BCUT2D eigenvalue weighted by Crippen LogP contribution is -2.17. The highest BCUT2D eigenvalue weighted by molar-refractivity contribution is 6.33. The first-order valence-electron chi connectivity index (χ1n) is 6.47. The van der Waals surface area contributed by atoms with Crippen molar-refractivity contribution in [3.8, 4) is 22.6 Å². The van der Waals surface area contributed by atoms with Crippen molar-refractivity contribution < 1.29 is 14.0 Å². The van der Waals surface area contributed by atoms with E-state index in [-0.39, 0.29) is 11.3 Å². The predicted octanol–water partition coefficient (Wildman–Crippen LogP) is 3.13. The fraction of sp³-hybridized carbons (Fsp3) is 0.357. The summed E-state index contributed by atoms with van der Waals surface area (Å²) < 4.78 is 16.6. The van der Waals surface area contributed by atoms with E-state index in [4.69, 9.17) is 31.3 Å². The second-order valence-corrected chi connectivity index (χ2v) is 5.87. The summed E-state index contributed by atoms with van der Waals surface area (Å²) in [5.74, 6) is 1.60. The number of hydrogen-bond donors (Lipinski definition) is 1. The van der Waals surface area contributed by atoms with Gasteiger partial charge in [0.05, 0.1) is 30.0 Å². The Kier molecular flexibility index (Phi) is 2.41. The minimum Gasteiger partial charge on any atom is -0.489 e. The molecule has 1 aromatic carbocycles. The van der Waals surface area contributed by atoms with Gasteiger partial charge < -0.3 is 19.7 Å². The summed E-state index contributed by atoms with van der Waals surface area (Å²) in [7, 11) is 0. The zero-order valence-electron chi connectivity index (χ0n) is 10.7. The molecule has 2 N–H and O–H groups in total. The number of hydrogen-bond acceptors (Lipinski definition) is 5. The van der Waals surface area contributed by atoms with Crippen LogP contribution in [0.15, 0.2) is 22.9 Å². The fourth-order valence-electron chi connectivity index (χ4n) is 2.39. The van der Waals surface area contributed by atoms with Crippen molar-refractivity contribution in [1.29, 1.82) is 0 Å². The molecule has 5 nitrogen and oxygen atoms in total. The molecule has 0 amide bonds. The van der Waals surface area contributed by atoms with E-state index < -0.39 is 0 Å². The van der Waals surface area contributed by atoms with Gasteiger partial charge in [-0.25, -0.2) is 0 Å². The average Bonchev–Trinajstić information content (AvgIpc) is 3.13. The monoisotopic (exact) mass is 292 g/mol. The Morgan fingerprint density at radius 1 is 1.10 bits per heavy atom. The zero-order chi connectivity index (χ0) is 13.7. The Hall–Kier alpha value is -1.88. The molecular formula is C14H13ClN2O3. The van der Waals surface area contributed by atoms with Crippen molar-refractivity contribution in [1.82, 2.24) is 5.16 Å². The number of halogens is 1. The number of rotatable bonds is 1. The minimum absolute atomic E-state index is 0.196. The van der Waals surface area contributed by atoms with Crippen LogP contribution in [0.25, 0.3) is 11.1 Å². The highest BCUT2D eigenvalue weighted by atomic mass is 35.5. The van der Waals surface area contributed by atoms with Crippen LogP contribution in [0.1, 0.15) is 12.8 Å². The molecule has 1 saturated carbocycles. The molecule has 2 aromatic rings. The maximum absolute atomic E-state index is 6.30. The number of ether oxygens (including phenoxy) is 2. The van der Waals surface area contributed by atoms with Gasteiger partial charge in [0.15, 0.2) is 11.5 Å². The number of anilines is 1. The van der Waals surface area contributed by atoms with Gasteiger partial charge in [0, 0.05) is 17.0 Å². The van der Waals surface area contributed by atoms with Crippen LogP contribution in [0.4, 0.5) is 5.88 Å². The molecule has 0 saturated heterocycles. The number of fused-ring (bicyclic) bond motifs is 1. The summed E-state index contributed by atoms with van der Waals surface area (Å²) in [4.78, 5) is 0. The third kappa shape index (κ3) is 1.81. The van der Waals surface area contributed by atoms with Crippen LogP contribution in [-0.2, 0) is 0 Å².